The van der Waals surface area contributed by atoms with E-state index in [1.54, 1.807) is 12.4 Å². The maximum atomic E-state index is 10.6. The molecule has 6 nitrogen and oxygen atoms in total. The van der Waals surface area contributed by atoms with E-state index in [0.717, 1.165) is 19.4 Å². The van der Waals surface area contributed by atoms with Crippen LogP contribution in [0.5, 0.6) is 0 Å². The lowest BCUT2D eigenvalue weighted by atomic mass is 10.0. The molecule has 2 atom stereocenters. The SMILES string of the molecule is CC1CCCCN1c1ncc(C(N)CC(=O)O)cn1. The van der Waals surface area contributed by atoms with Crippen molar-refractivity contribution in [2.75, 3.05) is 11.4 Å². The summed E-state index contributed by atoms with van der Waals surface area (Å²) in [5.41, 5.74) is 6.44. The highest BCUT2D eigenvalue weighted by atomic mass is 16.4. The summed E-state index contributed by atoms with van der Waals surface area (Å²) in [6.07, 6.45) is 6.73. The van der Waals surface area contributed by atoms with E-state index in [4.69, 9.17) is 10.8 Å². The van der Waals surface area contributed by atoms with Gasteiger partial charge in [0.15, 0.2) is 0 Å². The second kappa shape index (κ2) is 5.97. The second-order valence-corrected chi connectivity index (χ2v) is 5.06. The highest BCUT2D eigenvalue weighted by molar-refractivity contribution is 5.67. The van der Waals surface area contributed by atoms with E-state index >= 15 is 0 Å². The lowest BCUT2D eigenvalue weighted by Gasteiger charge is -2.33. The molecule has 6 heteroatoms. The molecule has 1 saturated heterocycles. The molecule has 2 rings (SSSR count). The number of hydrogen-bond donors (Lipinski definition) is 2. The molecular formula is C13H20N4O2. The summed E-state index contributed by atoms with van der Waals surface area (Å²) < 4.78 is 0. The Morgan fingerprint density at radius 3 is 2.79 bits per heavy atom. The zero-order chi connectivity index (χ0) is 13.8. The van der Waals surface area contributed by atoms with Crippen molar-refractivity contribution in [3.05, 3.63) is 18.0 Å². The van der Waals surface area contributed by atoms with Crippen molar-refractivity contribution in [3.63, 3.8) is 0 Å². The number of hydrogen-bond acceptors (Lipinski definition) is 5. The van der Waals surface area contributed by atoms with Gasteiger partial charge >= 0.3 is 5.97 Å². The lowest BCUT2D eigenvalue weighted by molar-refractivity contribution is -0.137. The first kappa shape index (κ1) is 13.7. The molecule has 0 bridgehead atoms. The highest BCUT2D eigenvalue weighted by Gasteiger charge is 2.21. The zero-order valence-corrected chi connectivity index (χ0v) is 11.1. The summed E-state index contributed by atoms with van der Waals surface area (Å²) in [6, 6.07) is -0.0994. The Kier molecular flexibility index (Phi) is 4.31. The molecule has 19 heavy (non-hydrogen) atoms. The predicted octanol–water partition coefficient (Wildman–Crippen LogP) is 1.33. The molecule has 2 heterocycles. The number of piperidine rings is 1. The van der Waals surface area contributed by atoms with Crippen LogP contribution >= 0.6 is 0 Å². The quantitative estimate of drug-likeness (QED) is 0.852. The fraction of sp³-hybridized carbons (Fsp3) is 0.615. The van der Waals surface area contributed by atoms with Crippen molar-refractivity contribution < 1.29 is 9.90 Å². The van der Waals surface area contributed by atoms with Gasteiger partial charge in [-0.05, 0) is 26.2 Å². The number of rotatable bonds is 4. The first-order valence-corrected chi connectivity index (χ1v) is 6.64. The van der Waals surface area contributed by atoms with Crippen molar-refractivity contribution in [2.45, 2.75) is 44.7 Å². The summed E-state index contributed by atoms with van der Waals surface area (Å²) in [5.74, 6) is -0.209. The van der Waals surface area contributed by atoms with Gasteiger partial charge in [-0.2, -0.15) is 0 Å². The maximum Gasteiger partial charge on any atom is 0.305 e. The first-order valence-electron chi connectivity index (χ1n) is 6.64. The van der Waals surface area contributed by atoms with E-state index in [0.29, 0.717) is 17.6 Å². The largest absolute Gasteiger partial charge is 0.481 e. The van der Waals surface area contributed by atoms with Crippen LogP contribution in [0, 0.1) is 0 Å². The van der Waals surface area contributed by atoms with Crippen LogP contribution < -0.4 is 10.6 Å². The summed E-state index contributed by atoms with van der Waals surface area (Å²) >= 11 is 0. The number of aliphatic carboxylic acids is 1. The minimum Gasteiger partial charge on any atom is -0.481 e. The Morgan fingerprint density at radius 1 is 1.53 bits per heavy atom. The van der Waals surface area contributed by atoms with Gasteiger partial charge in [0.1, 0.15) is 0 Å². The zero-order valence-electron chi connectivity index (χ0n) is 11.1. The highest BCUT2D eigenvalue weighted by Crippen LogP contribution is 2.22. The molecule has 1 aliphatic rings. The van der Waals surface area contributed by atoms with Crippen molar-refractivity contribution in [2.24, 2.45) is 5.73 Å². The van der Waals surface area contributed by atoms with Crippen LogP contribution in [-0.2, 0) is 4.79 Å². The third kappa shape index (κ3) is 3.41. The van der Waals surface area contributed by atoms with Gasteiger partial charge in [-0.15, -0.1) is 0 Å². The molecule has 0 aliphatic carbocycles. The molecule has 1 aliphatic heterocycles. The smallest absolute Gasteiger partial charge is 0.305 e. The summed E-state index contributed by atoms with van der Waals surface area (Å²) in [7, 11) is 0. The number of nitrogens with zero attached hydrogens (tertiary/aromatic N) is 3. The summed E-state index contributed by atoms with van der Waals surface area (Å²) in [6.45, 7) is 3.15. The van der Waals surface area contributed by atoms with Crippen LogP contribution in [0.25, 0.3) is 0 Å². The average molecular weight is 264 g/mol. The van der Waals surface area contributed by atoms with Gasteiger partial charge in [0.25, 0.3) is 0 Å². The van der Waals surface area contributed by atoms with Gasteiger partial charge in [0, 0.05) is 36.6 Å². The number of carboxylic acid groups (broad SMARTS) is 1. The van der Waals surface area contributed by atoms with Gasteiger partial charge < -0.3 is 15.7 Å². The van der Waals surface area contributed by atoms with E-state index < -0.39 is 12.0 Å². The first-order chi connectivity index (χ1) is 9.08. The van der Waals surface area contributed by atoms with Crippen LogP contribution in [0.4, 0.5) is 5.95 Å². The van der Waals surface area contributed by atoms with E-state index in [1.165, 1.54) is 6.42 Å². The molecule has 1 fully saturated rings. The minimum atomic E-state index is -0.916. The Balaban J connectivity index is 2.07. The second-order valence-electron chi connectivity index (χ2n) is 5.06. The Morgan fingerprint density at radius 2 is 2.21 bits per heavy atom. The van der Waals surface area contributed by atoms with E-state index in [-0.39, 0.29) is 6.42 Å². The van der Waals surface area contributed by atoms with Gasteiger partial charge in [0.05, 0.1) is 6.42 Å². The third-order valence-electron chi connectivity index (χ3n) is 3.54. The van der Waals surface area contributed by atoms with Crippen molar-refractivity contribution >= 4 is 11.9 Å². The molecule has 0 radical (unpaired) electrons. The van der Waals surface area contributed by atoms with Crippen molar-refractivity contribution in [3.8, 4) is 0 Å². The van der Waals surface area contributed by atoms with Crippen LogP contribution in [-0.4, -0.2) is 33.6 Å². The monoisotopic (exact) mass is 264 g/mol. The van der Waals surface area contributed by atoms with Gasteiger partial charge in [-0.25, -0.2) is 9.97 Å². The van der Waals surface area contributed by atoms with E-state index in [1.807, 2.05) is 0 Å². The standard InChI is InChI=1S/C13H20N4O2/c1-9-4-2-3-5-17(9)13-15-7-10(8-16-13)11(14)6-12(18)19/h7-9,11H,2-6,14H2,1H3,(H,18,19). The van der Waals surface area contributed by atoms with Gasteiger partial charge in [-0.3, -0.25) is 4.79 Å². The Bertz CT molecular complexity index is 435. The summed E-state index contributed by atoms with van der Waals surface area (Å²) in [4.78, 5) is 21.4. The van der Waals surface area contributed by atoms with E-state index in [9.17, 15) is 4.79 Å². The minimum absolute atomic E-state index is 0.108. The fourth-order valence-corrected chi connectivity index (χ4v) is 2.37. The van der Waals surface area contributed by atoms with Crippen molar-refractivity contribution in [1.82, 2.24) is 9.97 Å². The normalized spacial score (nSPS) is 21.2. The molecule has 0 saturated carbocycles. The summed E-state index contributed by atoms with van der Waals surface area (Å²) in [5, 5.41) is 8.71. The van der Waals surface area contributed by atoms with Crippen LogP contribution in [0.3, 0.4) is 0 Å². The molecule has 104 valence electrons. The third-order valence-corrected chi connectivity index (χ3v) is 3.54. The van der Waals surface area contributed by atoms with Gasteiger partial charge in [0.2, 0.25) is 5.95 Å². The predicted molar refractivity (Wildman–Crippen MR) is 71.9 cm³/mol. The van der Waals surface area contributed by atoms with E-state index in [2.05, 4.69) is 21.8 Å². The average Bonchev–Trinajstić information content (AvgIpc) is 2.39. The molecule has 0 amide bonds. The molecule has 2 unspecified atom stereocenters. The molecule has 3 N–H and O–H groups in total. The van der Waals surface area contributed by atoms with Crippen LogP contribution in [0.1, 0.15) is 44.2 Å². The molecular weight excluding hydrogens is 244 g/mol. The van der Waals surface area contributed by atoms with Gasteiger partial charge in [-0.1, -0.05) is 0 Å². The fourth-order valence-electron chi connectivity index (χ4n) is 2.37. The van der Waals surface area contributed by atoms with Crippen LogP contribution in [0.2, 0.25) is 0 Å². The lowest BCUT2D eigenvalue weighted by Crippen LogP contribution is -2.38. The Hall–Kier alpha value is -1.69. The number of aromatic nitrogens is 2. The van der Waals surface area contributed by atoms with Crippen molar-refractivity contribution in [1.29, 1.82) is 0 Å². The van der Waals surface area contributed by atoms with Crippen LogP contribution in [0.15, 0.2) is 12.4 Å². The molecule has 0 aromatic carbocycles. The number of carbonyl (C=O) groups is 1. The molecule has 1 aromatic heterocycles. The molecule has 1 aromatic rings. The Labute approximate surface area is 112 Å². The number of anilines is 1. The molecule has 0 spiro atoms. The number of nitrogens with two attached hydrogens (primary N) is 1. The maximum absolute atomic E-state index is 10.6. The number of carboxylic acids is 1. The topological polar surface area (TPSA) is 92.3 Å².